The summed E-state index contributed by atoms with van der Waals surface area (Å²) in [5, 5.41) is 9.01. The number of aliphatic hydroxyl groups excluding tert-OH is 1. The van der Waals surface area contributed by atoms with Gasteiger partial charge in [-0.3, -0.25) is 0 Å². The first-order valence-corrected chi connectivity index (χ1v) is 3.33. The number of carbonyl (C=O) groups is 1. The lowest BCUT2D eigenvalue weighted by Gasteiger charge is -2.09. The lowest BCUT2D eigenvalue weighted by atomic mass is 10.1. The van der Waals surface area contributed by atoms with Gasteiger partial charge in [-0.1, -0.05) is 13.8 Å². The molecule has 0 rings (SSSR count). The molecular formula is C7H15ClO3. The minimum absolute atomic E-state index is 0. The Balaban J connectivity index is 0. The van der Waals surface area contributed by atoms with Crippen LogP contribution in [0.1, 0.15) is 20.3 Å². The van der Waals surface area contributed by atoms with Crippen LogP contribution >= 0.6 is 12.4 Å². The smallest absolute Gasteiger partial charge is 0.334 e. The summed E-state index contributed by atoms with van der Waals surface area (Å²) in [6, 6.07) is 0. The number of carbonyl (C=O) groups excluding carboxylic acids is 1. The second kappa shape index (κ2) is 6.43. The van der Waals surface area contributed by atoms with Crippen molar-refractivity contribution in [1.29, 1.82) is 0 Å². The van der Waals surface area contributed by atoms with Gasteiger partial charge in [0, 0.05) is 0 Å². The third-order valence-corrected chi connectivity index (χ3v) is 1.17. The van der Waals surface area contributed by atoms with Gasteiger partial charge in [0.25, 0.3) is 0 Å². The number of hydrogen-bond donors (Lipinski definition) is 1. The summed E-state index contributed by atoms with van der Waals surface area (Å²) in [6.07, 6.45) is -0.489. The van der Waals surface area contributed by atoms with Gasteiger partial charge >= 0.3 is 5.97 Å². The molecular weight excluding hydrogens is 168 g/mol. The van der Waals surface area contributed by atoms with Gasteiger partial charge in [-0.2, -0.15) is 0 Å². The maximum absolute atomic E-state index is 10.6. The van der Waals surface area contributed by atoms with Gasteiger partial charge in [0.15, 0.2) is 6.10 Å². The molecule has 11 heavy (non-hydrogen) atoms. The van der Waals surface area contributed by atoms with Gasteiger partial charge < -0.3 is 9.84 Å². The third kappa shape index (κ3) is 6.13. The van der Waals surface area contributed by atoms with Gasteiger partial charge in [0.2, 0.25) is 0 Å². The van der Waals surface area contributed by atoms with Crippen molar-refractivity contribution in [3.63, 3.8) is 0 Å². The Morgan fingerprint density at radius 3 is 2.27 bits per heavy atom. The van der Waals surface area contributed by atoms with Crippen molar-refractivity contribution >= 4 is 18.4 Å². The van der Waals surface area contributed by atoms with Crippen LogP contribution in [0.25, 0.3) is 0 Å². The largest absolute Gasteiger partial charge is 0.467 e. The summed E-state index contributed by atoms with van der Waals surface area (Å²) < 4.78 is 4.32. The first kappa shape index (κ1) is 13.3. The van der Waals surface area contributed by atoms with E-state index in [0.29, 0.717) is 12.3 Å². The van der Waals surface area contributed by atoms with Crippen molar-refractivity contribution in [2.75, 3.05) is 7.11 Å². The molecule has 68 valence electrons. The summed E-state index contributed by atoms with van der Waals surface area (Å²) in [6.45, 7) is 3.87. The molecule has 4 heteroatoms. The molecule has 0 unspecified atom stereocenters. The maximum atomic E-state index is 10.6. The van der Waals surface area contributed by atoms with Gasteiger partial charge in [-0.05, 0) is 12.3 Å². The molecule has 0 spiro atoms. The van der Waals surface area contributed by atoms with E-state index in [9.17, 15) is 4.79 Å². The van der Waals surface area contributed by atoms with Crippen molar-refractivity contribution < 1.29 is 14.6 Å². The molecule has 0 aromatic rings. The van der Waals surface area contributed by atoms with Crippen LogP contribution in [-0.2, 0) is 9.53 Å². The number of hydrogen-bond acceptors (Lipinski definition) is 3. The van der Waals surface area contributed by atoms with E-state index in [2.05, 4.69) is 4.74 Å². The topological polar surface area (TPSA) is 46.5 Å². The third-order valence-electron chi connectivity index (χ3n) is 1.17. The Bertz CT molecular complexity index is 114. The lowest BCUT2D eigenvalue weighted by Crippen LogP contribution is -2.23. The normalized spacial score (nSPS) is 12.1. The van der Waals surface area contributed by atoms with Crippen molar-refractivity contribution in [2.45, 2.75) is 26.4 Å². The zero-order valence-electron chi connectivity index (χ0n) is 7.03. The van der Waals surface area contributed by atoms with Crippen LogP contribution in [-0.4, -0.2) is 24.3 Å². The van der Waals surface area contributed by atoms with Crippen LogP contribution in [0.3, 0.4) is 0 Å². The first-order valence-electron chi connectivity index (χ1n) is 3.33. The van der Waals surface area contributed by atoms with Crippen molar-refractivity contribution in [1.82, 2.24) is 0 Å². The van der Waals surface area contributed by atoms with E-state index >= 15 is 0 Å². The number of halogens is 1. The second-order valence-corrected chi connectivity index (χ2v) is 2.67. The minimum Gasteiger partial charge on any atom is -0.467 e. The van der Waals surface area contributed by atoms with E-state index < -0.39 is 12.1 Å². The zero-order valence-corrected chi connectivity index (χ0v) is 7.85. The molecule has 3 nitrogen and oxygen atoms in total. The Morgan fingerprint density at radius 1 is 1.55 bits per heavy atom. The summed E-state index contributed by atoms with van der Waals surface area (Å²) in [5.41, 5.74) is 0. The highest BCUT2D eigenvalue weighted by molar-refractivity contribution is 5.85. The minimum atomic E-state index is -0.954. The number of methoxy groups -OCH3 is 1. The van der Waals surface area contributed by atoms with E-state index in [1.807, 2.05) is 13.8 Å². The van der Waals surface area contributed by atoms with Gasteiger partial charge in [-0.25, -0.2) is 4.79 Å². The van der Waals surface area contributed by atoms with Crippen LogP contribution in [0.5, 0.6) is 0 Å². The maximum Gasteiger partial charge on any atom is 0.334 e. The second-order valence-electron chi connectivity index (χ2n) is 2.67. The van der Waals surface area contributed by atoms with E-state index in [1.165, 1.54) is 7.11 Å². The van der Waals surface area contributed by atoms with E-state index in [0.717, 1.165) is 0 Å². The van der Waals surface area contributed by atoms with Crippen LogP contribution < -0.4 is 0 Å². The highest BCUT2D eigenvalue weighted by Crippen LogP contribution is 2.04. The molecule has 1 atom stereocenters. The Labute approximate surface area is 73.2 Å². The fourth-order valence-electron chi connectivity index (χ4n) is 0.679. The molecule has 0 saturated carbocycles. The number of aliphatic hydroxyl groups is 1. The number of esters is 1. The van der Waals surface area contributed by atoms with Crippen LogP contribution in [0, 0.1) is 5.92 Å². The van der Waals surface area contributed by atoms with Crippen molar-refractivity contribution in [3.05, 3.63) is 0 Å². The first-order chi connectivity index (χ1) is 4.57. The highest BCUT2D eigenvalue weighted by atomic mass is 35.5. The molecule has 0 radical (unpaired) electrons. The monoisotopic (exact) mass is 182 g/mol. The summed E-state index contributed by atoms with van der Waals surface area (Å²) in [4.78, 5) is 10.6. The summed E-state index contributed by atoms with van der Waals surface area (Å²) in [7, 11) is 1.27. The van der Waals surface area contributed by atoms with Gasteiger partial charge in [0.1, 0.15) is 0 Å². The number of rotatable bonds is 3. The van der Waals surface area contributed by atoms with Crippen LogP contribution in [0.4, 0.5) is 0 Å². The van der Waals surface area contributed by atoms with Crippen molar-refractivity contribution in [2.24, 2.45) is 5.92 Å². The molecule has 0 aliphatic carbocycles. The fraction of sp³-hybridized carbons (Fsp3) is 0.857. The number of ether oxygens (including phenoxy) is 1. The average Bonchev–Trinajstić information content (AvgIpc) is 1.85. The van der Waals surface area contributed by atoms with Gasteiger partial charge in [-0.15, -0.1) is 12.4 Å². The molecule has 0 aliphatic rings. The molecule has 0 fully saturated rings. The van der Waals surface area contributed by atoms with E-state index in [1.54, 1.807) is 0 Å². The summed E-state index contributed by atoms with van der Waals surface area (Å²) >= 11 is 0. The lowest BCUT2D eigenvalue weighted by molar-refractivity contribution is -0.151. The molecule has 0 heterocycles. The predicted octanol–water partition coefficient (Wildman–Crippen LogP) is 0.988. The Hall–Kier alpha value is -0.280. The molecule has 0 amide bonds. The molecule has 1 N–H and O–H groups in total. The van der Waals surface area contributed by atoms with E-state index in [-0.39, 0.29) is 12.4 Å². The molecule has 0 aromatic carbocycles. The highest BCUT2D eigenvalue weighted by Gasteiger charge is 2.15. The quantitative estimate of drug-likeness (QED) is 0.663. The van der Waals surface area contributed by atoms with Crippen molar-refractivity contribution in [3.8, 4) is 0 Å². The Kier molecular flexibility index (Phi) is 7.79. The summed E-state index contributed by atoms with van der Waals surface area (Å²) in [5.74, 6) is -0.234. The van der Waals surface area contributed by atoms with Crippen LogP contribution in [0.2, 0.25) is 0 Å². The molecule has 0 aromatic heterocycles. The van der Waals surface area contributed by atoms with E-state index in [4.69, 9.17) is 5.11 Å². The standard InChI is InChI=1S/C7H14O3.ClH/c1-5(2)4-6(8)7(9)10-3;/h5-6,8H,4H2,1-3H3;1H/t6-;/m0./s1. The SMILES string of the molecule is COC(=O)[C@@H](O)CC(C)C.Cl. The molecule has 0 bridgehead atoms. The average molecular weight is 183 g/mol. The molecule has 0 aliphatic heterocycles. The predicted molar refractivity (Wildman–Crippen MR) is 44.7 cm³/mol. The zero-order chi connectivity index (χ0) is 8.15. The molecule has 0 saturated heterocycles. The fourth-order valence-corrected chi connectivity index (χ4v) is 0.679. The Morgan fingerprint density at radius 2 is 2.00 bits per heavy atom. The van der Waals surface area contributed by atoms with Gasteiger partial charge in [0.05, 0.1) is 7.11 Å². The van der Waals surface area contributed by atoms with Crippen LogP contribution in [0.15, 0.2) is 0 Å².